The molecule has 0 saturated carbocycles. The van der Waals surface area contributed by atoms with Crippen LogP contribution < -0.4 is 4.74 Å². The number of rotatable bonds is 10. The van der Waals surface area contributed by atoms with E-state index in [0.29, 0.717) is 46.6 Å². The number of aliphatic hydroxyl groups excluding tert-OH is 4. The molecule has 5 heteroatoms. The van der Waals surface area contributed by atoms with Crippen LogP contribution in [0, 0.1) is 0 Å². The van der Waals surface area contributed by atoms with Gasteiger partial charge in [0, 0.05) is 11.1 Å². The molecule has 0 aliphatic heterocycles. The maximum atomic E-state index is 9.83. The van der Waals surface area contributed by atoms with Gasteiger partial charge >= 0.3 is 0 Å². The molecular formula is C22H26O5. The molecule has 0 saturated heterocycles. The van der Waals surface area contributed by atoms with Gasteiger partial charge in [-0.2, -0.15) is 0 Å². The Bertz CT molecular complexity index is 743. The average Bonchev–Trinajstić information content (AvgIpc) is 2.69. The van der Waals surface area contributed by atoms with Gasteiger partial charge in [0.15, 0.2) is 0 Å². The van der Waals surface area contributed by atoms with Crippen LogP contribution in [-0.4, -0.2) is 20.4 Å². The molecule has 2 rings (SSSR count). The Labute approximate surface area is 159 Å². The van der Waals surface area contributed by atoms with Crippen LogP contribution in [0.1, 0.15) is 33.4 Å². The predicted octanol–water partition coefficient (Wildman–Crippen LogP) is 2.91. The second kappa shape index (κ2) is 10.0. The summed E-state index contributed by atoms with van der Waals surface area (Å²) in [4.78, 5) is 0. The van der Waals surface area contributed by atoms with E-state index in [0.717, 1.165) is 11.1 Å². The fourth-order valence-electron chi connectivity index (χ4n) is 3.18. The first kappa shape index (κ1) is 20.9. The quantitative estimate of drug-likeness (QED) is 0.483. The Hall–Kier alpha value is -2.44. The lowest BCUT2D eigenvalue weighted by molar-refractivity contribution is 0.250. The van der Waals surface area contributed by atoms with Crippen molar-refractivity contribution in [3.8, 4) is 11.5 Å². The molecule has 2 aromatic rings. The molecule has 0 atom stereocenters. The van der Waals surface area contributed by atoms with Crippen molar-refractivity contribution < 1.29 is 25.2 Å². The van der Waals surface area contributed by atoms with Crippen LogP contribution in [0.3, 0.4) is 0 Å². The summed E-state index contributed by atoms with van der Waals surface area (Å²) in [5.41, 5.74) is 3.91. The summed E-state index contributed by atoms with van der Waals surface area (Å²) in [6.45, 7) is 6.35. The fraction of sp³-hybridized carbons (Fsp3) is 0.273. The molecule has 144 valence electrons. The van der Waals surface area contributed by atoms with E-state index in [2.05, 4.69) is 13.2 Å². The minimum Gasteiger partial charge on any atom is -0.457 e. The van der Waals surface area contributed by atoms with Crippen molar-refractivity contribution in [2.45, 2.75) is 39.3 Å². The summed E-state index contributed by atoms with van der Waals surface area (Å²) in [5.74, 6) is 0.786. The lowest BCUT2D eigenvalue weighted by atomic mass is 9.97. The number of benzene rings is 2. The van der Waals surface area contributed by atoms with Crippen LogP contribution in [0.25, 0.3) is 0 Å². The Morgan fingerprint density at radius 2 is 1.00 bits per heavy atom. The highest BCUT2D eigenvalue weighted by Crippen LogP contribution is 2.34. The second-order valence-corrected chi connectivity index (χ2v) is 6.08. The zero-order valence-electron chi connectivity index (χ0n) is 15.3. The maximum Gasteiger partial charge on any atom is 0.133 e. The fourth-order valence-corrected chi connectivity index (χ4v) is 3.18. The van der Waals surface area contributed by atoms with Crippen molar-refractivity contribution in [3.63, 3.8) is 0 Å². The number of allylic oxidation sites excluding steroid dienone is 2. The average molecular weight is 370 g/mol. The van der Waals surface area contributed by atoms with Crippen LogP contribution in [-0.2, 0) is 39.3 Å². The van der Waals surface area contributed by atoms with Gasteiger partial charge in [-0.3, -0.25) is 0 Å². The standard InChI is InChI=1S/C22H26O5/c1-3-5-15-7-9-21(19(13-25)17(15)11-23)27-22-10-8-16(6-4-2)18(12-24)20(22)14-26/h3-4,7-10,23-26H,1-2,5-6,11-14H2. The van der Waals surface area contributed by atoms with Gasteiger partial charge in [-0.1, -0.05) is 24.3 Å². The van der Waals surface area contributed by atoms with E-state index in [9.17, 15) is 20.4 Å². The molecular weight excluding hydrogens is 344 g/mol. The summed E-state index contributed by atoms with van der Waals surface area (Å²) >= 11 is 0. The van der Waals surface area contributed by atoms with Gasteiger partial charge in [-0.05, 0) is 47.2 Å². The minimum atomic E-state index is -0.300. The van der Waals surface area contributed by atoms with Crippen molar-refractivity contribution in [2.75, 3.05) is 0 Å². The Kier molecular flexibility index (Phi) is 7.76. The largest absolute Gasteiger partial charge is 0.457 e. The van der Waals surface area contributed by atoms with Gasteiger partial charge in [-0.25, -0.2) is 0 Å². The van der Waals surface area contributed by atoms with Crippen molar-refractivity contribution in [3.05, 3.63) is 83.0 Å². The SMILES string of the molecule is C=CCc1ccc(Oc2ccc(CC=C)c(CO)c2CO)c(CO)c1CO. The van der Waals surface area contributed by atoms with Crippen molar-refractivity contribution in [1.82, 2.24) is 0 Å². The van der Waals surface area contributed by atoms with Gasteiger partial charge in [0.05, 0.1) is 26.4 Å². The van der Waals surface area contributed by atoms with Crippen LogP contribution in [0.15, 0.2) is 49.6 Å². The molecule has 0 unspecified atom stereocenters. The molecule has 0 heterocycles. The van der Waals surface area contributed by atoms with E-state index in [1.165, 1.54) is 0 Å². The molecule has 0 amide bonds. The molecule has 5 nitrogen and oxygen atoms in total. The molecule has 0 spiro atoms. The van der Waals surface area contributed by atoms with E-state index in [-0.39, 0.29) is 26.4 Å². The highest BCUT2D eigenvalue weighted by Gasteiger charge is 2.17. The summed E-state index contributed by atoms with van der Waals surface area (Å²) in [7, 11) is 0. The first-order chi connectivity index (χ1) is 13.1. The number of hydrogen-bond acceptors (Lipinski definition) is 5. The van der Waals surface area contributed by atoms with Crippen molar-refractivity contribution in [2.24, 2.45) is 0 Å². The Morgan fingerprint density at radius 3 is 1.30 bits per heavy atom. The Morgan fingerprint density at radius 1 is 0.630 bits per heavy atom. The highest BCUT2D eigenvalue weighted by molar-refractivity contribution is 5.51. The van der Waals surface area contributed by atoms with Crippen molar-refractivity contribution >= 4 is 0 Å². The summed E-state index contributed by atoms with van der Waals surface area (Å²) < 4.78 is 5.98. The van der Waals surface area contributed by atoms with Crippen LogP contribution in [0.2, 0.25) is 0 Å². The second-order valence-electron chi connectivity index (χ2n) is 6.08. The smallest absolute Gasteiger partial charge is 0.133 e. The summed E-state index contributed by atoms with van der Waals surface area (Å²) in [5, 5.41) is 39.1. The van der Waals surface area contributed by atoms with Gasteiger partial charge in [-0.15, -0.1) is 13.2 Å². The first-order valence-corrected chi connectivity index (χ1v) is 8.75. The van der Waals surface area contributed by atoms with Crippen molar-refractivity contribution in [1.29, 1.82) is 0 Å². The third kappa shape index (κ3) is 4.46. The normalized spacial score (nSPS) is 10.7. The zero-order valence-corrected chi connectivity index (χ0v) is 15.3. The molecule has 0 radical (unpaired) electrons. The summed E-state index contributed by atoms with van der Waals surface area (Å²) in [6.07, 6.45) is 4.59. The molecule has 27 heavy (non-hydrogen) atoms. The molecule has 2 aromatic carbocycles. The molecule has 0 bridgehead atoms. The third-order valence-electron chi connectivity index (χ3n) is 4.55. The van der Waals surface area contributed by atoms with E-state index in [4.69, 9.17) is 4.74 Å². The lowest BCUT2D eigenvalue weighted by Crippen LogP contribution is -2.06. The summed E-state index contributed by atoms with van der Waals surface area (Å²) in [6, 6.07) is 7.08. The predicted molar refractivity (Wildman–Crippen MR) is 104 cm³/mol. The first-order valence-electron chi connectivity index (χ1n) is 8.75. The zero-order chi connectivity index (χ0) is 19.8. The highest BCUT2D eigenvalue weighted by atomic mass is 16.5. The van der Waals surface area contributed by atoms with Crippen LogP contribution >= 0.6 is 0 Å². The number of aliphatic hydroxyl groups is 4. The molecule has 4 N–H and O–H groups in total. The van der Waals surface area contributed by atoms with Crippen LogP contribution in [0.4, 0.5) is 0 Å². The third-order valence-corrected chi connectivity index (χ3v) is 4.55. The van der Waals surface area contributed by atoms with E-state index in [1.54, 1.807) is 24.3 Å². The van der Waals surface area contributed by atoms with Gasteiger partial charge in [0.25, 0.3) is 0 Å². The van der Waals surface area contributed by atoms with Gasteiger partial charge in [0.2, 0.25) is 0 Å². The lowest BCUT2D eigenvalue weighted by Gasteiger charge is -2.19. The maximum absolute atomic E-state index is 9.83. The topological polar surface area (TPSA) is 90.2 Å². The monoisotopic (exact) mass is 370 g/mol. The molecule has 0 aliphatic rings. The number of ether oxygens (including phenoxy) is 1. The van der Waals surface area contributed by atoms with E-state index < -0.39 is 0 Å². The van der Waals surface area contributed by atoms with Gasteiger partial charge in [0.1, 0.15) is 11.5 Å². The molecule has 0 aliphatic carbocycles. The van der Waals surface area contributed by atoms with Gasteiger partial charge < -0.3 is 25.2 Å². The Balaban J connectivity index is 2.53. The minimum absolute atomic E-state index is 0.233. The van der Waals surface area contributed by atoms with E-state index in [1.807, 2.05) is 12.1 Å². The van der Waals surface area contributed by atoms with E-state index >= 15 is 0 Å². The molecule has 0 fully saturated rings. The molecule has 0 aromatic heterocycles. The van der Waals surface area contributed by atoms with Crippen LogP contribution in [0.5, 0.6) is 11.5 Å². The number of hydrogen-bond donors (Lipinski definition) is 4.